The van der Waals surface area contributed by atoms with Crippen LogP contribution in [-0.4, -0.2) is 20.8 Å². The monoisotopic (exact) mass is 308 g/mol. The standard InChI is InChI=1S/C13H18ClFO3S/c1-3-4-11(9-19(14,16)17)8-18-13-6-5-12(15)7-10(13)2/h5-7,11H,3-4,8-9H2,1-2H3. The first kappa shape index (κ1) is 16.2. The molecule has 1 atom stereocenters. The van der Waals surface area contributed by atoms with Crippen molar-refractivity contribution in [3.8, 4) is 5.75 Å². The summed E-state index contributed by atoms with van der Waals surface area (Å²) in [6.07, 6.45) is 1.56. The van der Waals surface area contributed by atoms with Crippen molar-refractivity contribution < 1.29 is 17.5 Å². The summed E-state index contributed by atoms with van der Waals surface area (Å²) >= 11 is 0. The van der Waals surface area contributed by atoms with Crippen LogP contribution in [-0.2, 0) is 9.05 Å². The van der Waals surface area contributed by atoms with Crippen LogP contribution < -0.4 is 4.74 Å². The van der Waals surface area contributed by atoms with E-state index in [0.29, 0.717) is 17.7 Å². The molecular weight excluding hydrogens is 291 g/mol. The van der Waals surface area contributed by atoms with Gasteiger partial charge in [-0.1, -0.05) is 13.3 Å². The van der Waals surface area contributed by atoms with E-state index in [1.165, 1.54) is 12.1 Å². The molecule has 0 radical (unpaired) electrons. The molecule has 0 aliphatic heterocycles. The van der Waals surface area contributed by atoms with Gasteiger partial charge in [-0.3, -0.25) is 0 Å². The SMILES string of the molecule is CCCC(COc1ccc(F)cc1C)CS(=O)(=O)Cl. The molecule has 0 aliphatic carbocycles. The molecule has 108 valence electrons. The van der Waals surface area contributed by atoms with Crippen molar-refractivity contribution in [1.29, 1.82) is 0 Å². The minimum absolute atomic E-state index is 0.108. The first-order valence-corrected chi connectivity index (χ1v) is 8.61. The van der Waals surface area contributed by atoms with Crippen molar-refractivity contribution in [3.63, 3.8) is 0 Å². The predicted molar refractivity (Wildman–Crippen MR) is 74.7 cm³/mol. The van der Waals surface area contributed by atoms with Crippen LogP contribution in [0.5, 0.6) is 5.75 Å². The van der Waals surface area contributed by atoms with Gasteiger partial charge in [-0.05, 0) is 37.1 Å². The lowest BCUT2D eigenvalue weighted by atomic mass is 10.1. The van der Waals surface area contributed by atoms with Gasteiger partial charge in [0, 0.05) is 16.6 Å². The van der Waals surface area contributed by atoms with E-state index >= 15 is 0 Å². The number of rotatable bonds is 7. The molecule has 0 N–H and O–H groups in total. The second-order valence-electron chi connectivity index (χ2n) is 4.58. The van der Waals surface area contributed by atoms with Crippen molar-refractivity contribution in [2.24, 2.45) is 5.92 Å². The Morgan fingerprint density at radius 3 is 2.63 bits per heavy atom. The summed E-state index contributed by atoms with van der Waals surface area (Å²) in [6.45, 7) is 3.97. The number of benzene rings is 1. The lowest BCUT2D eigenvalue weighted by Crippen LogP contribution is -2.19. The van der Waals surface area contributed by atoms with Crippen LogP contribution in [0.15, 0.2) is 18.2 Å². The third-order valence-electron chi connectivity index (χ3n) is 2.74. The summed E-state index contributed by atoms with van der Waals surface area (Å²) in [5, 5.41) is 0. The van der Waals surface area contributed by atoms with Crippen LogP contribution in [0.4, 0.5) is 4.39 Å². The molecule has 1 unspecified atom stereocenters. The zero-order valence-corrected chi connectivity index (χ0v) is 12.6. The van der Waals surface area contributed by atoms with E-state index in [1.54, 1.807) is 13.0 Å². The Morgan fingerprint density at radius 2 is 2.11 bits per heavy atom. The van der Waals surface area contributed by atoms with Gasteiger partial charge >= 0.3 is 0 Å². The summed E-state index contributed by atoms with van der Waals surface area (Å²) in [7, 11) is 1.73. The van der Waals surface area contributed by atoms with Crippen molar-refractivity contribution in [3.05, 3.63) is 29.6 Å². The zero-order valence-electron chi connectivity index (χ0n) is 11.0. The Bertz CT molecular complexity index is 517. The lowest BCUT2D eigenvalue weighted by Gasteiger charge is -2.16. The fourth-order valence-electron chi connectivity index (χ4n) is 1.89. The van der Waals surface area contributed by atoms with Gasteiger partial charge in [0.25, 0.3) is 0 Å². The molecule has 6 heteroatoms. The van der Waals surface area contributed by atoms with Crippen LogP contribution in [0.1, 0.15) is 25.3 Å². The van der Waals surface area contributed by atoms with Crippen LogP contribution in [0.3, 0.4) is 0 Å². The van der Waals surface area contributed by atoms with Gasteiger partial charge in [0.05, 0.1) is 12.4 Å². The first-order chi connectivity index (χ1) is 8.81. The maximum Gasteiger partial charge on any atom is 0.232 e. The zero-order chi connectivity index (χ0) is 14.5. The highest BCUT2D eigenvalue weighted by Gasteiger charge is 2.17. The minimum Gasteiger partial charge on any atom is -0.493 e. The van der Waals surface area contributed by atoms with Crippen molar-refractivity contribution in [1.82, 2.24) is 0 Å². The fourth-order valence-corrected chi connectivity index (χ4v) is 3.25. The lowest BCUT2D eigenvalue weighted by molar-refractivity contribution is 0.251. The molecular formula is C13H18ClFO3S. The van der Waals surface area contributed by atoms with Gasteiger partial charge in [0.2, 0.25) is 9.05 Å². The van der Waals surface area contributed by atoms with Crippen LogP contribution >= 0.6 is 10.7 Å². The molecule has 1 rings (SSSR count). The van der Waals surface area contributed by atoms with E-state index < -0.39 is 9.05 Å². The number of hydrogen-bond acceptors (Lipinski definition) is 3. The Hall–Kier alpha value is -0.810. The number of ether oxygens (including phenoxy) is 1. The Labute approximate surface area is 118 Å². The Morgan fingerprint density at radius 1 is 1.42 bits per heavy atom. The van der Waals surface area contributed by atoms with Crippen LogP contribution in [0, 0.1) is 18.7 Å². The highest BCUT2D eigenvalue weighted by molar-refractivity contribution is 8.13. The summed E-state index contributed by atoms with van der Waals surface area (Å²) in [5.74, 6) is -0.0208. The van der Waals surface area contributed by atoms with Gasteiger partial charge in [0.1, 0.15) is 11.6 Å². The highest BCUT2D eigenvalue weighted by Crippen LogP contribution is 2.21. The van der Waals surface area contributed by atoms with E-state index in [9.17, 15) is 12.8 Å². The predicted octanol–water partition coefficient (Wildman–Crippen LogP) is 3.50. The number of aryl methyl sites for hydroxylation is 1. The van der Waals surface area contributed by atoms with Gasteiger partial charge in [0.15, 0.2) is 0 Å². The molecule has 3 nitrogen and oxygen atoms in total. The third-order valence-corrected chi connectivity index (χ3v) is 3.99. The average Bonchev–Trinajstić information content (AvgIpc) is 2.26. The topological polar surface area (TPSA) is 43.4 Å². The molecule has 1 aromatic rings. The summed E-state index contributed by atoms with van der Waals surface area (Å²) in [5.41, 5.74) is 0.684. The molecule has 0 amide bonds. The van der Waals surface area contributed by atoms with Crippen LogP contribution in [0.25, 0.3) is 0 Å². The highest BCUT2D eigenvalue weighted by atomic mass is 35.7. The summed E-state index contributed by atoms with van der Waals surface area (Å²) in [6, 6.07) is 4.24. The largest absolute Gasteiger partial charge is 0.493 e. The molecule has 0 aromatic heterocycles. The molecule has 0 heterocycles. The van der Waals surface area contributed by atoms with E-state index in [-0.39, 0.29) is 24.1 Å². The second kappa shape index (κ2) is 7.10. The van der Waals surface area contributed by atoms with E-state index in [1.807, 2.05) is 6.92 Å². The Balaban J connectivity index is 2.65. The summed E-state index contributed by atoms with van der Waals surface area (Å²) in [4.78, 5) is 0. The molecule has 0 saturated carbocycles. The van der Waals surface area contributed by atoms with E-state index in [4.69, 9.17) is 15.4 Å². The van der Waals surface area contributed by atoms with Gasteiger partial charge < -0.3 is 4.74 Å². The maximum absolute atomic E-state index is 12.9. The van der Waals surface area contributed by atoms with Crippen molar-refractivity contribution in [2.45, 2.75) is 26.7 Å². The normalized spacial score (nSPS) is 13.3. The molecule has 0 saturated heterocycles. The second-order valence-corrected chi connectivity index (χ2v) is 7.40. The van der Waals surface area contributed by atoms with Gasteiger partial charge in [-0.15, -0.1) is 0 Å². The Kier molecular flexibility index (Phi) is 6.07. The van der Waals surface area contributed by atoms with Crippen molar-refractivity contribution in [2.75, 3.05) is 12.4 Å². The maximum atomic E-state index is 12.9. The molecule has 0 fully saturated rings. The van der Waals surface area contributed by atoms with Crippen LogP contribution in [0.2, 0.25) is 0 Å². The molecule has 19 heavy (non-hydrogen) atoms. The van der Waals surface area contributed by atoms with Gasteiger partial charge in [-0.25, -0.2) is 12.8 Å². The third kappa shape index (κ3) is 6.25. The fraction of sp³-hybridized carbons (Fsp3) is 0.538. The minimum atomic E-state index is -3.53. The summed E-state index contributed by atoms with van der Waals surface area (Å²) < 4.78 is 40.7. The first-order valence-electron chi connectivity index (χ1n) is 6.13. The smallest absolute Gasteiger partial charge is 0.232 e. The van der Waals surface area contributed by atoms with Crippen molar-refractivity contribution >= 4 is 19.7 Å². The molecule has 0 spiro atoms. The molecule has 0 aliphatic rings. The average molecular weight is 309 g/mol. The number of hydrogen-bond donors (Lipinski definition) is 0. The van der Waals surface area contributed by atoms with E-state index in [2.05, 4.69) is 0 Å². The quantitative estimate of drug-likeness (QED) is 0.724. The van der Waals surface area contributed by atoms with E-state index in [0.717, 1.165) is 6.42 Å². The van der Waals surface area contributed by atoms with Gasteiger partial charge in [-0.2, -0.15) is 0 Å². The molecule has 1 aromatic carbocycles. The number of halogens is 2. The molecule has 0 bridgehead atoms.